The van der Waals surface area contributed by atoms with Crippen molar-refractivity contribution in [3.8, 4) is 0 Å². The third kappa shape index (κ3) is 6.36. The van der Waals surface area contributed by atoms with Gasteiger partial charge in [0, 0.05) is 11.9 Å². The van der Waals surface area contributed by atoms with Crippen LogP contribution in [0, 0.1) is 0 Å². The first-order chi connectivity index (χ1) is 15.4. The molecule has 12 heteroatoms. The van der Waals surface area contributed by atoms with E-state index in [-0.39, 0.29) is 28.7 Å². The molecule has 0 spiro atoms. The minimum absolute atomic E-state index is 0.00949. The van der Waals surface area contributed by atoms with Crippen LogP contribution in [0.1, 0.15) is 49.7 Å². The molecule has 6 nitrogen and oxygen atoms in total. The van der Waals surface area contributed by atoms with Gasteiger partial charge in [0.1, 0.15) is 11.2 Å². The largest absolute Gasteiger partial charge is 0.416 e. The molecule has 178 valence electrons. The van der Waals surface area contributed by atoms with Gasteiger partial charge in [-0.05, 0) is 24.3 Å². The van der Waals surface area contributed by atoms with E-state index in [0.717, 1.165) is 0 Å². The van der Waals surface area contributed by atoms with Crippen molar-refractivity contribution in [2.24, 2.45) is 0 Å². The molecule has 0 atom stereocenters. The van der Waals surface area contributed by atoms with Gasteiger partial charge in [-0.2, -0.15) is 31.3 Å². The molecule has 0 bridgehead atoms. The third-order valence-corrected chi connectivity index (χ3v) is 4.99. The Bertz CT molecular complexity index is 1120. The highest BCUT2D eigenvalue weighted by Gasteiger charge is 2.37. The molecule has 4 N–H and O–H groups in total. The summed E-state index contributed by atoms with van der Waals surface area (Å²) in [6, 6.07) is 2.28. The molecule has 1 fully saturated rings. The lowest BCUT2D eigenvalue weighted by atomic mass is 10.0. The first kappa shape index (κ1) is 24.3. The van der Waals surface area contributed by atoms with Crippen LogP contribution < -0.4 is 16.6 Å². The Labute approximate surface area is 184 Å². The summed E-state index contributed by atoms with van der Waals surface area (Å²) in [5.41, 5.74) is 1.27. The van der Waals surface area contributed by atoms with E-state index in [9.17, 15) is 31.1 Å². The average Bonchev–Trinajstić information content (AvgIpc) is 2.74. The predicted octanol–water partition coefficient (Wildman–Crippen LogP) is 6.02. The number of pyridine rings is 1. The molecule has 4 rings (SSSR count). The molecule has 1 saturated carbocycles. The number of nitrogens with one attached hydrogen (secondary N) is 2. The van der Waals surface area contributed by atoms with Crippen molar-refractivity contribution in [1.82, 2.24) is 15.0 Å². The number of hydrogen-bond acceptors (Lipinski definition) is 5. The number of aromatic nitrogens is 3. The Kier molecular flexibility index (Phi) is 7.13. The minimum atomic E-state index is -5.01. The van der Waals surface area contributed by atoms with E-state index in [1.54, 1.807) is 0 Å². The second-order valence-electron chi connectivity index (χ2n) is 7.54. The van der Waals surface area contributed by atoms with Gasteiger partial charge in [0.15, 0.2) is 0 Å². The van der Waals surface area contributed by atoms with Gasteiger partial charge in [0.05, 0.1) is 16.6 Å². The molecule has 1 aliphatic rings. The van der Waals surface area contributed by atoms with Crippen molar-refractivity contribution in [2.45, 2.75) is 50.9 Å². The molecule has 0 saturated heterocycles. The van der Waals surface area contributed by atoms with Crippen molar-refractivity contribution < 1.29 is 26.3 Å². The van der Waals surface area contributed by atoms with Gasteiger partial charge in [-0.25, -0.2) is 4.98 Å². The number of benzene rings is 1. The summed E-state index contributed by atoms with van der Waals surface area (Å²) < 4.78 is 77.8. The van der Waals surface area contributed by atoms with Crippen molar-refractivity contribution in [1.29, 1.82) is 0 Å². The van der Waals surface area contributed by atoms with Gasteiger partial charge in [-0.15, -0.1) is 0 Å². The summed E-state index contributed by atoms with van der Waals surface area (Å²) in [6.45, 7) is 0. The highest BCUT2D eigenvalue weighted by atomic mass is 19.4. The Morgan fingerprint density at radius 3 is 1.85 bits per heavy atom. The second-order valence-corrected chi connectivity index (χ2v) is 7.54. The zero-order chi connectivity index (χ0) is 24.2. The zero-order valence-corrected chi connectivity index (χ0v) is 17.3. The van der Waals surface area contributed by atoms with Gasteiger partial charge in [-0.1, -0.05) is 38.5 Å². The summed E-state index contributed by atoms with van der Waals surface area (Å²) in [6.07, 6.45) is 0.233. The first-order valence-electron chi connectivity index (χ1n) is 10.2. The maximum atomic E-state index is 13.0. The number of nitrogens with two attached hydrogens (primary N) is 1. The fourth-order valence-electron chi connectivity index (χ4n) is 3.42. The van der Waals surface area contributed by atoms with Crippen LogP contribution in [0.25, 0.3) is 10.9 Å². The summed E-state index contributed by atoms with van der Waals surface area (Å²) in [4.78, 5) is 21.8. The van der Waals surface area contributed by atoms with E-state index in [1.165, 1.54) is 50.8 Å². The summed E-state index contributed by atoms with van der Waals surface area (Å²) in [5.74, 6) is -0.648. The van der Waals surface area contributed by atoms with Gasteiger partial charge < -0.3 is 16.0 Å². The molecule has 33 heavy (non-hydrogen) atoms. The van der Waals surface area contributed by atoms with Crippen LogP contribution >= 0.6 is 0 Å². The zero-order valence-electron chi connectivity index (χ0n) is 17.3. The van der Waals surface area contributed by atoms with Crippen LogP contribution in [0.15, 0.2) is 35.3 Å². The molecular formula is C21H21F6N5O. The smallest absolute Gasteiger partial charge is 0.368 e. The Morgan fingerprint density at radius 2 is 1.36 bits per heavy atom. The molecule has 2 aromatic heterocycles. The number of fused-ring (bicyclic) bond motifs is 1. The van der Waals surface area contributed by atoms with Crippen LogP contribution in [0.2, 0.25) is 0 Å². The quantitative estimate of drug-likeness (QED) is 0.396. The van der Waals surface area contributed by atoms with Gasteiger partial charge in [-0.3, -0.25) is 4.79 Å². The molecule has 1 aliphatic carbocycles. The van der Waals surface area contributed by atoms with Crippen LogP contribution in [0.5, 0.6) is 0 Å². The summed E-state index contributed by atoms with van der Waals surface area (Å²) in [7, 11) is 0. The maximum Gasteiger partial charge on any atom is 0.416 e. The molecule has 2 heterocycles. The van der Waals surface area contributed by atoms with E-state index >= 15 is 0 Å². The minimum Gasteiger partial charge on any atom is -0.368 e. The van der Waals surface area contributed by atoms with E-state index in [4.69, 9.17) is 5.73 Å². The van der Waals surface area contributed by atoms with Crippen molar-refractivity contribution in [2.75, 3.05) is 11.1 Å². The molecule has 1 aromatic carbocycles. The Morgan fingerprint density at radius 1 is 0.848 bits per heavy atom. The van der Waals surface area contributed by atoms with E-state index in [1.807, 2.05) is 0 Å². The lowest BCUT2D eigenvalue weighted by Crippen LogP contribution is -2.13. The van der Waals surface area contributed by atoms with Crippen LogP contribution in [0.4, 0.5) is 43.8 Å². The monoisotopic (exact) mass is 473 g/mol. The number of anilines is 3. The van der Waals surface area contributed by atoms with Crippen molar-refractivity contribution in [3.05, 3.63) is 51.9 Å². The topological polar surface area (TPSA) is 96.7 Å². The molecule has 0 unspecified atom stereocenters. The van der Waals surface area contributed by atoms with Crippen LogP contribution in [0.3, 0.4) is 0 Å². The van der Waals surface area contributed by atoms with Crippen molar-refractivity contribution in [3.63, 3.8) is 0 Å². The molecular weight excluding hydrogens is 452 g/mol. The molecule has 0 radical (unpaired) electrons. The summed E-state index contributed by atoms with van der Waals surface area (Å²) >= 11 is 0. The number of aromatic amines is 1. The Hall–Kier alpha value is -3.31. The standard InChI is InChI=1S/C15H9F6N5O.C6H12/c16-14(17,18)6-3-7(15(19,20)21)5-8(4-6)24-11-10-9(25-13(22)26-11)1-2-23-12(10)27;1-2-4-6-5-3-1/h1-5H,(H,23,27)(H3,22,24,25,26);1-6H2. The second kappa shape index (κ2) is 9.67. The Balaban J connectivity index is 0.000000442. The third-order valence-electron chi connectivity index (χ3n) is 4.99. The number of rotatable bonds is 2. The number of nitrogens with zero attached hydrogens (tertiary/aromatic N) is 2. The van der Waals surface area contributed by atoms with E-state index < -0.39 is 34.7 Å². The van der Waals surface area contributed by atoms with E-state index in [0.29, 0.717) is 12.1 Å². The lowest BCUT2D eigenvalue weighted by molar-refractivity contribution is -0.143. The van der Waals surface area contributed by atoms with Crippen molar-refractivity contribution >= 4 is 28.4 Å². The number of H-pyrrole nitrogens is 1. The normalized spacial score (nSPS) is 14.5. The predicted molar refractivity (Wildman–Crippen MR) is 112 cm³/mol. The summed E-state index contributed by atoms with van der Waals surface area (Å²) in [5, 5.41) is 2.13. The fourth-order valence-corrected chi connectivity index (χ4v) is 3.42. The number of nitrogen functional groups attached to an aromatic ring is 1. The fraction of sp³-hybridized carbons (Fsp3) is 0.381. The lowest BCUT2D eigenvalue weighted by Gasteiger charge is -2.15. The van der Waals surface area contributed by atoms with Gasteiger partial charge >= 0.3 is 12.4 Å². The maximum absolute atomic E-state index is 13.0. The molecule has 3 aromatic rings. The van der Waals surface area contributed by atoms with Crippen LogP contribution in [-0.2, 0) is 12.4 Å². The number of hydrogen-bond donors (Lipinski definition) is 3. The van der Waals surface area contributed by atoms with Gasteiger partial charge in [0.25, 0.3) is 5.56 Å². The molecule has 0 aliphatic heterocycles. The average molecular weight is 473 g/mol. The number of alkyl halides is 6. The molecule has 0 amide bonds. The van der Waals surface area contributed by atoms with Gasteiger partial charge in [0.2, 0.25) is 5.95 Å². The van der Waals surface area contributed by atoms with Crippen LogP contribution in [-0.4, -0.2) is 15.0 Å². The highest BCUT2D eigenvalue weighted by Crippen LogP contribution is 2.38. The van der Waals surface area contributed by atoms with E-state index in [2.05, 4.69) is 20.3 Å². The number of halogens is 6. The highest BCUT2D eigenvalue weighted by molar-refractivity contribution is 5.90. The SMILES string of the molecule is C1CCCCC1.Nc1nc(Nc2cc(C(F)(F)F)cc(C(F)(F)F)c2)c2c(=O)[nH]ccc2n1. The first-order valence-corrected chi connectivity index (χ1v) is 10.2.